The molecule has 114 valence electrons. The summed E-state index contributed by atoms with van der Waals surface area (Å²) in [7, 11) is 0. The van der Waals surface area contributed by atoms with E-state index in [2.05, 4.69) is 0 Å². The number of rotatable bonds is 3. The number of para-hydroxylation sites is 1. The van der Waals surface area contributed by atoms with Crippen LogP contribution >= 0.6 is 0 Å². The van der Waals surface area contributed by atoms with Gasteiger partial charge < -0.3 is 10.0 Å². The Morgan fingerprint density at radius 3 is 2.86 bits per heavy atom. The third-order valence-corrected chi connectivity index (χ3v) is 4.10. The van der Waals surface area contributed by atoms with Gasteiger partial charge in [0.15, 0.2) is 0 Å². The minimum Gasteiger partial charge on any atom is -0.388 e. The van der Waals surface area contributed by atoms with Gasteiger partial charge in [-0.15, -0.1) is 0 Å². The van der Waals surface area contributed by atoms with Crippen molar-refractivity contribution in [1.29, 1.82) is 0 Å². The maximum absolute atomic E-state index is 13.2. The number of halogens is 1. The lowest BCUT2D eigenvalue weighted by Gasteiger charge is -2.21. The second-order valence-electron chi connectivity index (χ2n) is 5.65. The molecule has 0 saturated heterocycles. The number of hydrogen-bond donors (Lipinski definition) is 1. The minimum atomic E-state index is -0.990. The van der Waals surface area contributed by atoms with Crippen LogP contribution in [0.25, 0.3) is 0 Å². The molecule has 1 aliphatic rings. The zero-order valence-corrected chi connectivity index (χ0v) is 12.4. The Kier molecular flexibility index (Phi) is 3.94. The summed E-state index contributed by atoms with van der Waals surface area (Å²) < 4.78 is 13.2. The third-order valence-electron chi connectivity index (χ3n) is 4.10. The van der Waals surface area contributed by atoms with Crippen LogP contribution < -0.4 is 4.90 Å². The van der Waals surface area contributed by atoms with Crippen molar-refractivity contribution in [2.45, 2.75) is 25.9 Å². The highest BCUT2D eigenvalue weighted by Crippen LogP contribution is 2.32. The van der Waals surface area contributed by atoms with Gasteiger partial charge in [0.05, 0.1) is 12.5 Å². The predicted octanol–water partition coefficient (Wildman–Crippen LogP) is 3.15. The number of anilines is 1. The van der Waals surface area contributed by atoms with Crippen LogP contribution in [0.2, 0.25) is 0 Å². The van der Waals surface area contributed by atoms with Crippen LogP contribution in [0.15, 0.2) is 42.5 Å². The Morgan fingerprint density at radius 2 is 2.09 bits per heavy atom. The van der Waals surface area contributed by atoms with Crippen LogP contribution in [0, 0.1) is 12.7 Å². The first-order valence-electron chi connectivity index (χ1n) is 7.38. The lowest BCUT2D eigenvalue weighted by Crippen LogP contribution is -2.30. The normalized spacial score (nSPS) is 14.8. The van der Waals surface area contributed by atoms with Crippen molar-refractivity contribution in [1.82, 2.24) is 0 Å². The highest BCUT2D eigenvalue weighted by molar-refractivity contribution is 5.96. The average Bonchev–Trinajstić information content (AvgIpc) is 2.92. The monoisotopic (exact) mass is 299 g/mol. The van der Waals surface area contributed by atoms with Gasteiger partial charge in [0.1, 0.15) is 5.82 Å². The molecule has 3 nitrogen and oxygen atoms in total. The molecule has 4 heteroatoms. The van der Waals surface area contributed by atoms with Crippen LogP contribution in [0.1, 0.15) is 29.2 Å². The highest BCUT2D eigenvalue weighted by Gasteiger charge is 2.27. The van der Waals surface area contributed by atoms with Crippen molar-refractivity contribution in [2.75, 3.05) is 11.4 Å². The van der Waals surface area contributed by atoms with E-state index >= 15 is 0 Å². The standard InChI is InChI=1S/C18H18FNO2/c1-12-4-2-5-13-8-9-20(18(12)13)17(22)11-16(21)14-6-3-7-15(19)10-14/h2-7,10,16,21H,8-9,11H2,1H3. The summed E-state index contributed by atoms with van der Waals surface area (Å²) >= 11 is 0. The molecule has 22 heavy (non-hydrogen) atoms. The molecular formula is C18H18FNO2. The summed E-state index contributed by atoms with van der Waals surface area (Å²) in [6, 6.07) is 11.7. The molecule has 0 bridgehead atoms. The van der Waals surface area contributed by atoms with E-state index in [1.54, 1.807) is 11.0 Å². The van der Waals surface area contributed by atoms with Gasteiger partial charge in [-0.05, 0) is 42.2 Å². The molecule has 1 N–H and O–H groups in total. The van der Waals surface area contributed by atoms with Crippen LogP contribution in [-0.2, 0) is 11.2 Å². The summed E-state index contributed by atoms with van der Waals surface area (Å²) in [5, 5.41) is 10.2. The fourth-order valence-corrected chi connectivity index (χ4v) is 3.01. The van der Waals surface area contributed by atoms with Gasteiger partial charge in [0.2, 0.25) is 5.91 Å². The summed E-state index contributed by atoms with van der Waals surface area (Å²) in [6.45, 7) is 2.61. The second kappa shape index (κ2) is 5.89. The summed E-state index contributed by atoms with van der Waals surface area (Å²) in [6.07, 6.45) is -0.202. The van der Waals surface area contributed by atoms with Gasteiger partial charge in [-0.25, -0.2) is 4.39 Å². The molecule has 0 spiro atoms. The van der Waals surface area contributed by atoms with Crippen molar-refractivity contribution in [3.05, 3.63) is 65.0 Å². The largest absolute Gasteiger partial charge is 0.388 e. The topological polar surface area (TPSA) is 40.5 Å². The minimum absolute atomic E-state index is 0.0444. The number of carbonyl (C=O) groups is 1. The third kappa shape index (κ3) is 2.74. The molecular weight excluding hydrogens is 281 g/mol. The molecule has 0 aliphatic carbocycles. The molecule has 1 aliphatic heterocycles. The quantitative estimate of drug-likeness (QED) is 0.946. The number of amides is 1. The Hall–Kier alpha value is -2.20. The number of aliphatic hydroxyl groups excluding tert-OH is 1. The number of hydrogen-bond acceptors (Lipinski definition) is 2. The van der Waals surface area contributed by atoms with Crippen molar-refractivity contribution >= 4 is 11.6 Å². The average molecular weight is 299 g/mol. The fraction of sp³-hybridized carbons (Fsp3) is 0.278. The van der Waals surface area contributed by atoms with Gasteiger partial charge in [-0.1, -0.05) is 30.3 Å². The number of fused-ring (bicyclic) bond motifs is 1. The van der Waals surface area contributed by atoms with Crippen molar-refractivity contribution in [3.63, 3.8) is 0 Å². The summed E-state index contributed by atoms with van der Waals surface area (Å²) in [4.78, 5) is 14.2. The Balaban J connectivity index is 1.77. The van der Waals surface area contributed by atoms with Crippen LogP contribution in [0.4, 0.5) is 10.1 Å². The first-order valence-corrected chi connectivity index (χ1v) is 7.38. The number of carbonyl (C=O) groups excluding carboxylic acids is 1. The molecule has 1 heterocycles. The van der Waals surface area contributed by atoms with Crippen molar-refractivity contribution < 1.29 is 14.3 Å². The van der Waals surface area contributed by atoms with Gasteiger partial charge in [0.25, 0.3) is 0 Å². The zero-order valence-electron chi connectivity index (χ0n) is 12.4. The van der Waals surface area contributed by atoms with Gasteiger partial charge in [-0.3, -0.25) is 4.79 Å². The Labute approximate surface area is 129 Å². The maximum Gasteiger partial charge on any atom is 0.229 e. The number of nitrogens with zero attached hydrogens (tertiary/aromatic N) is 1. The van der Waals surface area contributed by atoms with E-state index in [1.165, 1.54) is 18.2 Å². The molecule has 1 atom stereocenters. The summed E-state index contributed by atoms with van der Waals surface area (Å²) in [5.41, 5.74) is 3.61. The van der Waals surface area contributed by atoms with Gasteiger partial charge >= 0.3 is 0 Å². The Bertz CT molecular complexity index is 714. The van der Waals surface area contributed by atoms with E-state index < -0.39 is 11.9 Å². The van der Waals surface area contributed by atoms with Gasteiger partial charge in [0, 0.05) is 12.2 Å². The second-order valence-corrected chi connectivity index (χ2v) is 5.65. The highest BCUT2D eigenvalue weighted by atomic mass is 19.1. The van der Waals surface area contributed by atoms with Crippen LogP contribution in [-0.4, -0.2) is 17.6 Å². The van der Waals surface area contributed by atoms with Gasteiger partial charge in [-0.2, -0.15) is 0 Å². The number of aryl methyl sites for hydroxylation is 1. The molecule has 1 amide bonds. The van der Waals surface area contributed by atoms with Crippen LogP contribution in [0.5, 0.6) is 0 Å². The molecule has 2 aromatic carbocycles. The molecule has 0 radical (unpaired) electrons. The zero-order chi connectivity index (χ0) is 15.7. The van der Waals surface area contributed by atoms with E-state index in [-0.39, 0.29) is 12.3 Å². The Morgan fingerprint density at radius 1 is 1.32 bits per heavy atom. The molecule has 0 fully saturated rings. The lowest BCUT2D eigenvalue weighted by atomic mass is 10.1. The number of benzene rings is 2. The molecule has 2 aromatic rings. The fourth-order valence-electron chi connectivity index (χ4n) is 3.01. The van der Waals surface area contributed by atoms with E-state index in [9.17, 15) is 14.3 Å². The smallest absolute Gasteiger partial charge is 0.229 e. The van der Waals surface area contributed by atoms with Crippen LogP contribution in [0.3, 0.4) is 0 Å². The van der Waals surface area contributed by atoms with Crippen molar-refractivity contribution in [3.8, 4) is 0 Å². The van der Waals surface area contributed by atoms with E-state index in [0.29, 0.717) is 12.1 Å². The van der Waals surface area contributed by atoms with E-state index in [1.807, 2.05) is 25.1 Å². The van der Waals surface area contributed by atoms with E-state index in [4.69, 9.17) is 0 Å². The maximum atomic E-state index is 13.2. The SMILES string of the molecule is Cc1cccc2c1N(C(=O)CC(O)c1cccc(F)c1)CC2. The molecule has 1 unspecified atom stereocenters. The molecule has 3 rings (SSSR count). The molecule has 0 saturated carbocycles. The first kappa shape index (κ1) is 14.7. The first-order chi connectivity index (χ1) is 10.6. The lowest BCUT2D eigenvalue weighted by molar-refractivity contribution is -0.120. The van der Waals surface area contributed by atoms with Crippen molar-refractivity contribution in [2.24, 2.45) is 0 Å². The summed E-state index contributed by atoms with van der Waals surface area (Å²) in [5.74, 6) is -0.545. The molecule has 0 aromatic heterocycles. The predicted molar refractivity (Wildman–Crippen MR) is 83.2 cm³/mol. The number of aliphatic hydroxyl groups is 1. The van der Waals surface area contributed by atoms with E-state index in [0.717, 1.165) is 23.2 Å².